The van der Waals surface area contributed by atoms with Gasteiger partial charge in [-0.2, -0.15) is 0 Å². The largest absolute Gasteiger partial charge is 0.377 e. The van der Waals surface area contributed by atoms with Crippen LogP contribution in [-0.4, -0.2) is 30.8 Å². The van der Waals surface area contributed by atoms with Crippen molar-refractivity contribution in [3.05, 3.63) is 30.1 Å². The van der Waals surface area contributed by atoms with Gasteiger partial charge in [0.15, 0.2) is 0 Å². The highest BCUT2D eigenvalue weighted by Crippen LogP contribution is 2.30. The maximum absolute atomic E-state index is 6.13. The van der Waals surface area contributed by atoms with E-state index in [9.17, 15) is 0 Å². The van der Waals surface area contributed by atoms with E-state index in [0.717, 1.165) is 13.0 Å². The molecule has 0 spiro atoms. The number of pyridine rings is 1. The summed E-state index contributed by atoms with van der Waals surface area (Å²) in [5.74, 6) is 0.711. The fourth-order valence-corrected chi connectivity index (χ4v) is 3.39. The monoisotopic (exact) mass is 276 g/mol. The van der Waals surface area contributed by atoms with Crippen molar-refractivity contribution in [2.24, 2.45) is 5.92 Å². The van der Waals surface area contributed by atoms with Crippen LogP contribution in [0.4, 0.5) is 0 Å². The maximum atomic E-state index is 6.13. The van der Waals surface area contributed by atoms with E-state index in [-0.39, 0.29) is 0 Å². The second-order valence-corrected chi connectivity index (χ2v) is 5.77. The molecule has 1 aromatic heterocycles. The molecular weight excluding hydrogens is 248 g/mol. The Labute approximate surface area is 123 Å². The van der Waals surface area contributed by atoms with Crippen LogP contribution >= 0.6 is 0 Å². The molecule has 1 N–H and O–H groups in total. The number of aromatic nitrogens is 1. The average Bonchev–Trinajstić information content (AvgIpc) is 2.52. The predicted molar refractivity (Wildman–Crippen MR) is 82.8 cm³/mol. The number of hydrogen-bond donors (Lipinski definition) is 1. The first kappa shape index (κ1) is 15.5. The standard InChI is InChI=1S/C17H28N2O/c1-3-20-17(15-7-5-4-6-8-15)16(18-2)13-14-9-11-19-12-10-14/h9-12,15-18H,3-8,13H2,1-2H3. The number of ether oxygens (including phenoxy) is 1. The van der Waals surface area contributed by atoms with Crippen molar-refractivity contribution >= 4 is 0 Å². The van der Waals surface area contributed by atoms with Crippen LogP contribution < -0.4 is 5.32 Å². The lowest BCUT2D eigenvalue weighted by atomic mass is 9.81. The van der Waals surface area contributed by atoms with Crippen LogP contribution in [0, 0.1) is 5.92 Å². The number of likely N-dealkylation sites (N-methyl/N-ethyl adjacent to an activating group) is 1. The second kappa shape index (κ2) is 8.38. The van der Waals surface area contributed by atoms with Gasteiger partial charge in [-0.25, -0.2) is 0 Å². The Hall–Kier alpha value is -0.930. The van der Waals surface area contributed by atoms with Crippen LogP contribution in [0.25, 0.3) is 0 Å². The van der Waals surface area contributed by atoms with Crippen molar-refractivity contribution in [2.75, 3.05) is 13.7 Å². The maximum Gasteiger partial charge on any atom is 0.0759 e. The van der Waals surface area contributed by atoms with Gasteiger partial charge >= 0.3 is 0 Å². The predicted octanol–water partition coefficient (Wildman–Crippen LogP) is 3.20. The molecule has 0 bridgehead atoms. The fourth-order valence-electron chi connectivity index (χ4n) is 3.39. The van der Waals surface area contributed by atoms with Gasteiger partial charge in [-0.1, -0.05) is 19.3 Å². The van der Waals surface area contributed by atoms with Gasteiger partial charge in [0.25, 0.3) is 0 Å². The van der Waals surface area contributed by atoms with E-state index in [1.807, 2.05) is 12.4 Å². The molecule has 2 atom stereocenters. The van der Waals surface area contributed by atoms with Gasteiger partial charge in [0.05, 0.1) is 6.10 Å². The first-order valence-corrected chi connectivity index (χ1v) is 8.03. The number of nitrogens with one attached hydrogen (secondary N) is 1. The summed E-state index contributed by atoms with van der Waals surface area (Å²) in [5.41, 5.74) is 1.33. The van der Waals surface area contributed by atoms with Crippen LogP contribution in [0.2, 0.25) is 0 Å². The van der Waals surface area contributed by atoms with Crippen molar-refractivity contribution in [1.82, 2.24) is 10.3 Å². The van der Waals surface area contributed by atoms with Gasteiger partial charge in [-0.15, -0.1) is 0 Å². The topological polar surface area (TPSA) is 34.1 Å². The van der Waals surface area contributed by atoms with E-state index < -0.39 is 0 Å². The lowest BCUT2D eigenvalue weighted by Gasteiger charge is -2.35. The molecule has 2 unspecified atom stereocenters. The molecule has 1 saturated carbocycles. The molecule has 2 rings (SSSR count). The SMILES string of the molecule is CCOC(C1CCCCC1)C(Cc1ccncc1)NC. The van der Waals surface area contributed by atoms with Gasteiger partial charge in [0.2, 0.25) is 0 Å². The molecule has 0 aliphatic heterocycles. The Morgan fingerprint density at radius 3 is 2.55 bits per heavy atom. The average molecular weight is 276 g/mol. The quantitative estimate of drug-likeness (QED) is 0.830. The van der Waals surface area contributed by atoms with E-state index in [1.165, 1.54) is 37.7 Å². The van der Waals surface area contributed by atoms with E-state index in [2.05, 4.69) is 36.4 Å². The molecule has 1 heterocycles. The minimum absolute atomic E-state index is 0.332. The molecule has 3 nitrogen and oxygen atoms in total. The Kier molecular flexibility index (Phi) is 6.48. The van der Waals surface area contributed by atoms with Gasteiger partial charge in [-0.05, 0) is 56.8 Å². The summed E-state index contributed by atoms with van der Waals surface area (Å²) in [6.45, 7) is 2.91. The first-order chi connectivity index (χ1) is 9.85. The molecule has 1 aliphatic rings. The summed E-state index contributed by atoms with van der Waals surface area (Å²) in [5, 5.41) is 3.49. The lowest BCUT2D eigenvalue weighted by molar-refractivity contribution is -0.0159. The molecule has 1 fully saturated rings. The van der Waals surface area contributed by atoms with E-state index in [0.29, 0.717) is 18.1 Å². The highest BCUT2D eigenvalue weighted by Gasteiger charge is 2.30. The number of hydrogen-bond acceptors (Lipinski definition) is 3. The summed E-state index contributed by atoms with van der Waals surface area (Å²) in [6.07, 6.45) is 11.8. The zero-order valence-electron chi connectivity index (χ0n) is 12.8. The summed E-state index contributed by atoms with van der Waals surface area (Å²) in [4.78, 5) is 4.10. The summed E-state index contributed by atoms with van der Waals surface area (Å²) in [6, 6.07) is 4.60. The van der Waals surface area contributed by atoms with Crippen molar-refractivity contribution in [3.8, 4) is 0 Å². The third kappa shape index (κ3) is 4.29. The summed E-state index contributed by atoms with van der Waals surface area (Å²) in [7, 11) is 2.06. The normalized spacial score (nSPS) is 19.7. The van der Waals surface area contributed by atoms with E-state index >= 15 is 0 Å². The highest BCUT2D eigenvalue weighted by atomic mass is 16.5. The molecule has 0 amide bonds. The van der Waals surface area contributed by atoms with E-state index in [4.69, 9.17) is 4.74 Å². The zero-order valence-corrected chi connectivity index (χ0v) is 12.8. The molecule has 20 heavy (non-hydrogen) atoms. The summed E-state index contributed by atoms with van der Waals surface area (Å²) >= 11 is 0. The van der Waals surface area contributed by atoms with Crippen molar-refractivity contribution < 1.29 is 4.74 Å². The number of rotatable bonds is 7. The molecule has 3 heteroatoms. The minimum atomic E-state index is 0.332. The molecule has 0 radical (unpaired) electrons. The molecule has 112 valence electrons. The summed E-state index contributed by atoms with van der Waals surface area (Å²) < 4.78 is 6.13. The van der Waals surface area contributed by atoms with Crippen LogP contribution in [0.5, 0.6) is 0 Å². The Morgan fingerprint density at radius 1 is 1.25 bits per heavy atom. The van der Waals surface area contributed by atoms with Crippen molar-refractivity contribution in [1.29, 1.82) is 0 Å². The highest BCUT2D eigenvalue weighted by molar-refractivity contribution is 5.12. The van der Waals surface area contributed by atoms with Crippen molar-refractivity contribution in [2.45, 2.75) is 57.6 Å². The smallest absolute Gasteiger partial charge is 0.0759 e. The van der Waals surface area contributed by atoms with E-state index in [1.54, 1.807) is 0 Å². The molecule has 0 aromatic carbocycles. The Morgan fingerprint density at radius 2 is 1.95 bits per heavy atom. The molecular formula is C17H28N2O. The Bertz CT molecular complexity index is 363. The van der Waals surface area contributed by atoms with Crippen LogP contribution in [0.3, 0.4) is 0 Å². The van der Waals surface area contributed by atoms with Crippen LogP contribution in [0.1, 0.15) is 44.6 Å². The molecule has 1 aromatic rings. The fraction of sp³-hybridized carbons (Fsp3) is 0.706. The van der Waals surface area contributed by atoms with Gasteiger partial charge in [-0.3, -0.25) is 4.98 Å². The number of nitrogens with zero attached hydrogens (tertiary/aromatic N) is 1. The van der Waals surface area contributed by atoms with Crippen LogP contribution in [-0.2, 0) is 11.2 Å². The third-order valence-electron chi connectivity index (χ3n) is 4.45. The van der Waals surface area contributed by atoms with Gasteiger partial charge in [0.1, 0.15) is 0 Å². The van der Waals surface area contributed by atoms with Crippen molar-refractivity contribution in [3.63, 3.8) is 0 Å². The van der Waals surface area contributed by atoms with Gasteiger partial charge in [0, 0.05) is 25.0 Å². The van der Waals surface area contributed by atoms with Crippen LogP contribution in [0.15, 0.2) is 24.5 Å². The lowest BCUT2D eigenvalue weighted by Crippen LogP contribution is -2.46. The second-order valence-electron chi connectivity index (χ2n) is 5.77. The van der Waals surface area contributed by atoms with Gasteiger partial charge < -0.3 is 10.1 Å². The third-order valence-corrected chi connectivity index (χ3v) is 4.45. The first-order valence-electron chi connectivity index (χ1n) is 8.03. The Balaban J connectivity index is 2.03. The molecule has 0 saturated heterocycles. The molecule has 1 aliphatic carbocycles. The zero-order chi connectivity index (χ0) is 14.2. The minimum Gasteiger partial charge on any atom is -0.377 e.